The Kier molecular flexibility index (Phi) is 20.8. The van der Waals surface area contributed by atoms with Crippen LogP contribution >= 0.6 is 11.6 Å². The molecule has 5 heterocycles. The maximum absolute atomic E-state index is 6.20. The molecule has 0 spiro atoms. The molecule has 12 nitrogen and oxygen atoms in total. The summed E-state index contributed by atoms with van der Waals surface area (Å²) in [5, 5.41) is 5.30. The van der Waals surface area contributed by atoms with Crippen molar-refractivity contribution in [1.29, 1.82) is 0 Å². The Morgan fingerprint density at radius 1 is 0.202 bits per heavy atom. The molecule has 546 valence electrons. The molecule has 0 amide bonds. The van der Waals surface area contributed by atoms with Crippen LogP contribution in [0.2, 0.25) is 5.02 Å². The number of rotatable bonds is 14. The summed E-state index contributed by atoms with van der Waals surface area (Å²) < 4.78 is 12.4. The van der Waals surface area contributed by atoms with Crippen molar-refractivity contribution in [3.8, 4) is 147 Å². The Labute approximate surface area is 667 Å². The van der Waals surface area contributed by atoms with Crippen LogP contribution in [0.25, 0.3) is 169 Å². The smallest absolute Gasteiger partial charge is 0.399 e. The standard InChI is InChI=1S/C47H31N5.C28H27BN2O2.C25H16ClN3/c1-4-14-34(15-5-1)42-31-43(49-44(48-42)36-16-6-2-7-17-36)35-26-23-33(24-27-35)39-21-12-22-40(29-39)46-50-45(37-18-8-3-9-19-37)51-47(52-46)41-28-25-32-13-10-11-20-38(32)30-41;1-27(2)28(3,4)33-29(32-27)23-17-15-21(16-18-23)25-19-24(20-11-7-5-8-12-20)30-26(31-25)22-13-9-6-10-14-22;26-22-12-6-11-20(16-22)24-27-23(18-8-2-1-3-9-18)28-25(29-24)21-14-13-17-7-4-5-10-19(17)15-21/h1-31H;5-19H,1-4H3;1-16H. The minimum Gasteiger partial charge on any atom is -0.399 e. The van der Waals surface area contributed by atoms with Gasteiger partial charge in [0.05, 0.1) is 34.0 Å². The zero-order chi connectivity index (χ0) is 77.4. The summed E-state index contributed by atoms with van der Waals surface area (Å²) in [6.07, 6.45) is 0. The number of nitrogens with zero attached hydrogens (tertiary/aromatic N) is 10. The van der Waals surface area contributed by atoms with Gasteiger partial charge in [0, 0.05) is 71.8 Å². The summed E-state index contributed by atoms with van der Waals surface area (Å²) in [7, 11) is -0.380. The first-order chi connectivity index (χ1) is 55.8. The fraction of sp³-hybridized carbons (Fsp3) is 0.0600. The summed E-state index contributed by atoms with van der Waals surface area (Å²) >= 11 is 6.20. The molecular formula is C100H74BClN10O2. The van der Waals surface area contributed by atoms with Crippen LogP contribution < -0.4 is 5.46 Å². The maximum Gasteiger partial charge on any atom is 0.494 e. The third-order valence-corrected chi connectivity index (χ3v) is 20.7. The van der Waals surface area contributed by atoms with Gasteiger partial charge in [-0.15, -0.1) is 0 Å². The van der Waals surface area contributed by atoms with Crippen molar-refractivity contribution in [3.05, 3.63) is 381 Å². The number of aromatic nitrogens is 10. The molecule has 0 aliphatic carbocycles. The van der Waals surface area contributed by atoms with Gasteiger partial charge in [-0.3, -0.25) is 0 Å². The van der Waals surface area contributed by atoms with E-state index < -0.39 is 0 Å². The van der Waals surface area contributed by atoms with Gasteiger partial charge in [-0.05, 0) is 108 Å². The van der Waals surface area contributed by atoms with Crippen LogP contribution in [0.3, 0.4) is 0 Å². The molecule has 0 saturated carbocycles. The maximum atomic E-state index is 6.20. The van der Waals surface area contributed by atoms with Crippen LogP contribution in [-0.2, 0) is 9.31 Å². The molecule has 0 radical (unpaired) electrons. The van der Waals surface area contributed by atoms with Gasteiger partial charge in [-0.1, -0.05) is 345 Å². The van der Waals surface area contributed by atoms with Crippen molar-refractivity contribution < 1.29 is 9.31 Å². The van der Waals surface area contributed by atoms with E-state index in [0.717, 1.165) is 117 Å². The Morgan fingerprint density at radius 2 is 0.456 bits per heavy atom. The normalized spacial score (nSPS) is 12.7. The predicted octanol–water partition coefficient (Wildman–Crippen LogP) is 23.9. The van der Waals surface area contributed by atoms with Crippen LogP contribution in [0, 0.1) is 0 Å². The van der Waals surface area contributed by atoms with Gasteiger partial charge in [-0.25, -0.2) is 49.8 Å². The molecule has 4 aromatic heterocycles. The van der Waals surface area contributed by atoms with Crippen LogP contribution in [0.1, 0.15) is 27.7 Å². The SMILES string of the molecule is CC1(C)OB(c2ccc(-c3cc(-c4ccccc4)nc(-c4ccccc4)n3)cc2)OC1(C)C.Clc1cccc(-c2nc(-c3ccccc3)nc(-c3ccc4ccccc4c3)n2)c1.c1ccc(-c2cc(-c3ccc(-c4cccc(-c5nc(-c6ccccc6)nc(-c6ccc7ccccc7c6)n5)c4)cc3)nc(-c3ccccc3)n2)cc1. The summed E-state index contributed by atoms with van der Waals surface area (Å²) in [6, 6.07) is 127. The molecule has 1 aliphatic heterocycles. The van der Waals surface area contributed by atoms with Crippen molar-refractivity contribution >= 4 is 45.7 Å². The van der Waals surface area contributed by atoms with E-state index in [1.165, 1.54) is 10.8 Å². The molecule has 1 fully saturated rings. The van der Waals surface area contributed by atoms with Crippen LogP contribution in [0.4, 0.5) is 0 Å². The molecule has 0 N–H and O–H groups in total. The first-order valence-corrected chi connectivity index (χ1v) is 38.2. The van der Waals surface area contributed by atoms with Crippen molar-refractivity contribution in [2.24, 2.45) is 0 Å². The van der Waals surface area contributed by atoms with Crippen molar-refractivity contribution in [2.75, 3.05) is 0 Å². The van der Waals surface area contributed by atoms with Gasteiger partial charge in [0.2, 0.25) is 0 Å². The predicted molar refractivity (Wildman–Crippen MR) is 464 cm³/mol. The van der Waals surface area contributed by atoms with Gasteiger partial charge in [-0.2, -0.15) is 0 Å². The van der Waals surface area contributed by atoms with Crippen molar-refractivity contribution in [3.63, 3.8) is 0 Å². The lowest BCUT2D eigenvalue weighted by molar-refractivity contribution is 0.00578. The second-order valence-corrected chi connectivity index (χ2v) is 29.2. The van der Waals surface area contributed by atoms with Gasteiger partial charge in [0.15, 0.2) is 46.6 Å². The monoisotopic (exact) mass is 1490 g/mol. The lowest BCUT2D eigenvalue weighted by Crippen LogP contribution is -2.41. The van der Waals surface area contributed by atoms with Crippen LogP contribution in [0.5, 0.6) is 0 Å². The number of halogens is 1. The first-order valence-electron chi connectivity index (χ1n) is 37.9. The van der Waals surface area contributed by atoms with E-state index in [9.17, 15) is 0 Å². The highest BCUT2D eigenvalue weighted by atomic mass is 35.5. The third-order valence-electron chi connectivity index (χ3n) is 20.5. The number of fused-ring (bicyclic) bond motifs is 2. The Morgan fingerprint density at radius 3 is 0.825 bits per heavy atom. The first kappa shape index (κ1) is 72.9. The Balaban J connectivity index is 0.000000131. The lowest BCUT2D eigenvalue weighted by atomic mass is 9.79. The fourth-order valence-electron chi connectivity index (χ4n) is 13.6. The largest absolute Gasteiger partial charge is 0.494 e. The molecule has 0 unspecified atom stereocenters. The second kappa shape index (κ2) is 32.5. The molecule has 114 heavy (non-hydrogen) atoms. The van der Waals surface area contributed by atoms with Gasteiger partial charge >= 0.3 is 7.12 Å². The Hall–Kier alpha value is -13.9. The zero-order valence-electron chi connectivity index (χ0n) is 63.0. The molecule has 18 aromatic rings. The van der Waals surface area contributed by atoms with E-state index in [4.69, 9.17) is 70.7 Å². The van der Waals surface area contributed by atoms with E-state index in [2.05, 4.69) is 198 Å². The zero-order valence-corrected chi connectivity index (χ0v) is 63.8. The van der Waals surface area contributed by atoms with Gasteiger partial charge in [0.1, 0.15) is 0 Å². The quantitative estimate of drug-likeness (QED) is 0.0955. The minimum atomic E-state index is -0.380. The highest BCUT2D eigenvalue weighted by Gasteiger charge is 2.51. The average molecular weight is 1490 g/mol. The topological polar surface area (TPSA) is 147 Å². The van der Waals surface area contributed by atoms with E-state index in [0.29, 0.717) is 51.6 Å². The molecule has 1 aliphatic rings. The molecule has 14 heteroatoms. The van der Waals surface area contributed by atoms with Crippen LogP contribution in [-0.4, -0.2) is 68.2 Å². The minimum absolute atomic E-state index is 0.363. The number of hydrogen-bond acceptors (Lipinski definition) is 12. The van der Waals surface area contributed by atoms with Crippen molar-refractivity contribution in [1.82, 2.24) is 49.8 Å². The summed E-state index contributed by atoms with van der Waals surface area (Å²) in [6.45, 7) is 8.27. The highest BCUT2D eigenvalue weighted by molar-refractivity contribution is 6.62. The van der Waals surface area contributed by atoms with E-state index in [-0.39, 0.29) is 18.3 Å². The second-order valence-electron chi connectivity index (χ2n) is 28.7. The van der Waals surface area contributed by atoms with E-state index >= 15 is 0 Å². The van der Waals surface area contributed by atoms with Gasteiger partial charge < -0.3 is 9.31 Å². The molecule has 14 aromatic carbocycles. The van der Waals surface area contributed by atoms with Crippen molar-refractivity contribution in [2.45, 2.75) is 38.9 Å². The molecule has 1 saturated heterocycles. The summed E-state index contributed by atoms with van der Waals surface area (Å²) in [5.74, 6) is 5.18. The molecule has 0 atom stereocenters. The molecular weight excluding hydrogens is 1420 g/mol. The molecule has 19 rings (SSSR count). The van der Waals surface area contributed by atoms with E-state index in [1.54, 1.807) is 0 Å². The number of hydrogen-bond donors (Lipinski definition) is 0. The lowest BCUT2D eigenvalue weighted by Gasteiger charge is -2.32. The third kappa shape index (κ3) is 16.4. The fourth-order valence-corrected chi connectivity index (χ4v) is 13.8. The average Bonchev–Trinajstić information content (AvgIpc) is 1.60. The van der Waals surface area contributed by atoms with Gasteiger partial charge in [0.25, 0.3) is 0 Å². The summed E-state index contributed by atoms with van der Waals surface area (Å²) in [5.41, 5.74) is 17.6. The summed E-state index contributed by atoms with van der Waals surface area (Å²) in [4.78, 5) is 48.9. The highest BCUT2D eigenvalue weighted by Crippen LogP contribution is 2.39. The number of benzene rings is 14. The Bertz CT molecular complexity index is 6300. The van der Waals surface area contributed by atoms with E-state index in [1.807, 2.05) is 206 Å². The van der Waals surface area contributed by atoms with Crippen LogP contribution in [0.15, 0.2) is 376 Å². The molecule has 0 bridgehead atoms.